The predicted molar refractivity (Wildman–Crippen MR) is 120 cm³/mol. The predicted octanol–water partition coefficient (Wildman–Crippen LogP) is 3.69. The van der Waals surface area contributed by atoms with Crippen molar-refractivity contribution in [3.8, 4) is 5.75 Å². The zero-order valence-corrected chi connectivity index (χ0v) is 17.7. The molecule has 0 bridgehead atoms. The molecule has 2 aromatic heterocycles. The molecular weight excluding hydrogens is 408 g/mol. The van der Waals surface area contributed by atoms with Crippen LogP contribution in [0.1, 0.15) is 36.0 Å². The number of carbonyl (C=O) groups excluding carboxylic acids is 1. The number of fused-ring (bicyclic) bond motifs is 4. The van der Waals surface area contributed by atoms with E-state index < -0.39 is 5.97 Å². The van der Waals surface area contributed by atoms with Crippen LogP contribution in [0.2, 0.25) is 0 Å². The van der Waals surface area contributed by atoms with Crippen molar-refractivity contribution in [2.45, 2.75) is 45.6 Å². The third-order valence-corrected chi connectivity index (χ3v) is 6.01. The molecule has 0 unspecified atom stereocenters. The summed E-state index contributed by atoms with van der Waals surface area (Å²) in [6.45, 7) is 2.28. The Labute approximate surface area is 183 Å². The minimum absolute atomic E-state index is 0.121. The van der Waals surface area contributed by atoms with Crippen molar-refractivity contribution in [3.05, 3.63) is 80.2 Å². The molecule has 0 saturated carbocycles. The van der Waals surface area contributed by atoms with Crippen LogP contribution in [0.5, 0.6) is 5.75 Å². The molecule has 32 heavy (non-hydrogen) atoms. The van der Waals surface area contributed by atoms with Gasteiger partial charge in [-0.3, -0.25) is 14.2 Å². The minimum Gasteiger partial charge on any atom is -0.426 e. The maximum Gasteiger partial charge on any atom is 0.339 e. The van der Waals surface area contributed by atoms with Gasteiger partial charge in [0.1, 0.15) is 11.3 Å². The number of aryl methyl sites for hydroxylation is 3. The first-order valence-corrected chi connectivity index (χ1v) is 10.8. The monoisotopic (exact) mass is 430 g/mol. The Morgan fingerprint density at radius 3 is 2.84 bits per heavy atom. The first kappa shape index (κ1) is 20.2. The number of nitrogens with zero attached hydrogens (tertiary/aromatic N) is 2. The molecule has 1 aliphatic rings. The summed E-state index contributed by atoms with van der Waals surface area (Å²) in [4.78, 5) is 41.5. The Kier molecular flexibility index (Phi) is 5.09. The first-order chi connectivity index (χ1) is 15.5. The van der Waals surface area contributed by atoms with Gasteiger partial charge >= 0.3 is 11.6 Å². The standard InChI is InChI=1S/C25H22N2O5/c1-15-5-2-8-20-23(15)26-14-27(24(20)29)12-4-9-22(28)31-16-10-11-18-17-6-3-7-19(17)25(30)32-21(18)13-16/h2,5,8,10-11,13-14H,3-4,6-7,9,12H2,1H3. The molecular formula is C25H22N2O5. The highest BCUT2D eigenvalue weighted by Crippen LogP contribution is 2.29. The number of carbonyl (C=O) groups is 1. The van der Waals surface area contributed by atoms with Crippen LogP contribution in [-0.4, -0.2) is 15.5 Å². The third-order valence-electron chi connectivity index (χ3n) is 6.01. The molecule has 0 saturated heterocycles. The summed E-state index contributed by atoms with van der Waals surface area (Å²) >= 11 is 0. The fourth-order valence-corrected chi connectivity index (χ4v) is 4.40. The van der Waals surface area contributed by atoms with Crippen molar-refractivity contribution in [2.24, 2.45) is 0 Å². The number of rotatable bonds is 5. The number of ether oxygens (including phenoxy) is 1. The quantitative estimate of drug-likeness (QED) is 0.272. The van der Waals surface area contributed by atoms with Crippen LogP contribution in [-0.2, 0) is 24.2 Å². The summed E-state index contributed by atoms with van der Waals surface area (Å²) in [5.41, 5.74) is 3.45. The smallest absolute Gasteiger partial charge is 0.339 e. The van der Waals surface area contributed by atoms with Crippen molar-refractivity contribution >= 4 is 27.8 Å². The fraction of sp³-hybridized carbons (Fsp3) is 0.280. The average molecular weight is 430 g/mol. The molecule has 162 valence electrons. The second kappa shape index (κ2) is 8.07. The second-order valence-electron chi connectivity index (χ2n) is 8.15. The van der Waals surface area contributed by atoms with Crippen molar-refractivity contribution in [2.75, 3.05) is 0 Å². The first-order valence-electron chi connectivity index (χ1n) is 10.8. The topological polar surface area (TPSA) is 91.4 Å². The van der Waals surface area contributed by atoms with E-state index in [0.717, 1.165) is 41.3 Å². The van der Waals surface area contributed by atoms with Crippen LogP contribution in [0.3, 0.4) is 0 Å². The van der Waals surface area contributed by atoms with Gasteiger partial charge in [-0.15, -0.1) is 0 Å². The van der Waals surface area contributed by atoms with Gasteiger partial charge in [0.15, 0.2) is 0 Å². The summed E-state index contributed by atoms with van der Waals surface area (Å²) in [6.07, 6.45) is 4.66. The molecule has 2 aromatic carbocycles. The van der Waals surface area contributed by atoms with E-state index in [4.69, 9.17) is 9.15 Å². The van der Waals surface area contributed by atoms with Gasteiger partial charge in [-0.25, -0.2) is 9.78 Å². The van der Waals surface area contributed by atoms with Crippen LogP contribution >= 0.6 is 0 Å². The SMILES string of the molecule is Cc1cccc2c(=O)n(CCCC(=O)Oc3ccc4c5c(c(=O)oc4c3)CCC5)cnc12. The molecule has 7 heteroatoms. The molecule has 0 radical (unpaired) electrons. The molecule has 2 heterocycles. The lowest BCUT2D eigenvalue weighted by atomic mass is 10.1. The van der Waals surface area contributed by atoms with Gasteiger partial charge in [-0.05, 0) is 61.9 Å². The summed E-state index contributed by atoms with van der Waals surface area (Å²) in [5.74, 6) is -0.0749. The zero-order chi connectivity index (χ0) is 22.2. The molecule has 5 rings (SSSR count). The Morgan fingerprint density at radius 1 is 1.12 bits per heavy atom. The van der Waals surface area contributed by atoms with Gasteiger partial charge in [-0.2, -0.15) is 0 Å². The van der Waals surface area contributed by atoms with Crippen LogP contribution in [0.4, 0.5) is 0 Å². The van der Waals surface area contributed by atoms with Crippen LogP contribution in [0.15, 0.2) is 56.7 Å². The van der Waals surface area contributed by atoms with Gasteiger partial charge in [0, 0.05) is 30.0 Å². The Bertz CT molecular complexity index is 1480. The van der Waals surface area contributed by atoms with E-state index in [9.17, 15) is 14.4 Å². The zero-order valence-electron chi connectivity index (χ0n) is 17.7. The minimum atomic E-state index is -0.412. The van der Waals surface area contributed by atoms with E-state index in [2.05, 4.69) is 4.98 Å². The molecule has 0 fully saturated rings. The molecule has 0 spiro atoms. The Hall–Kier alpha value is -3.74. The highest BCUT2D eigenvalue weighted by molar-refractivity contribution is 5.84. The highest BCUT2D eigenvalue weighted by Gasteiger charge is 2.20. The maximum atomic E-state index is 12.7. The van der Waals surface area contributed by atoms with Crippen LogP contribution < -0.4 is 15.9 Å². The van der Waals surface area contributed by atoms with E-state index >= 15 is 0 Å². The average Bonchev–Trinajstić information content (AvgIpc) is 3.27. The number of hydrogen-bond donors (Lipinski definition) is 0. The Balaban J connectivity index is 1.26. The molecule has 0 N–H and O–H groups in total. The summed E-state index contributed by atoms with van der Waals surface area (Å²) in [6, 6.07) is 10.7. The number of benzene rings is 2. The normalized spacial score (nSPS) is 12.9. The largest absolute Gasteiger partial charge is 0.426 e. The van der Waals surface area contributed by atoms with Crippen LogP contribution in [0.25, 0.3) is 21.9 Å². The number of hydrogen-bond acceptors (Lipinski definition) is 6. The van der Waals surface area contributed by atoms with E-state index in [1.54, 1.807) is 18.2 Å². The van der Waals surface area contributed by atoms with Gasteiger partial charge < -0.3 is 9.15 Å². The van der Waals surface area contributed by atoms with Gasteiger partial charge in [0.05, 0.1) is 17.2 Å². The lowest BCUT2D eigenvalue weighted by molar-refractivity contribution is -0.134. The maximum absolute atomic E-state index is 12.7. The van der Waals surface area contributed by atoms with E-state index in [1.165, 1.54) is 10.9 Å². The summed E-state index contributed by atoms with van der Waals surface area (Å²) in [5, 5.41) is 1.47. The summed E-state index contributed by atoms with van der Waals surface area (Å²) < 4.78 is 12.4. The van der Waals surface area contributed by atoms with Crippen molar-refractivity contribution < 1.29 is 13.9 Å². The number of para-hydroxylation sites is 1. The highest BCUT2D eigenvalue weighted by atomic mass is 16.5. The van der Waals surface area contributed by atoms with Crippen molar-refractivity contribution in [3.63, 3.8) is 0 Å². The lowest BCUT2D eigenvalue weighted by Gasteiger charge is -2.09. The molecule has 1 aliphatic carbocycles. The van der Waals surface area contributed by atoms with Gasteiger partial charge in [-0.1, -0.05) is 12.1 Å². The van der Waals surface area contributed by atoms with Gasteiger partial charge in [0.25, 0.3) is 5.56 Å². The molecule has 0 aliphatic heterocycles. The lowest BCUT2D eigenvalue weighted by Crippen LogP contribution is -2.21. The van der Waals surface area contributed by atoms with Crippen LogP contribution in [0, 0.1) is 6.92 Å². The molecule has 0 amide bonds. The van der Waals surface area contributed by atoms with Crippen molar-refractivity contribution in [1.82, 2.24) is 9.55 Å². The van der Waals surface area contributed by atoms with E-state index in [-0.39, 0.29) is 17.6 Å². The fourth-order valence-electron chi connectivity index (χ4n) is 4.40. The Morgan fingerprint density at radius 2 is 1.97 bits per heavy atom. The van der Waals surface area contributed by atoms with Gasteiger partial charge in [0.2, 0.25) is 0 Å². The van der Waals surface area contributed by atoms with E-state index in [0.29, 0.717) is 35.2 Å². The number of esters is 1. The number of aromatic nitrogens is 2. The van der Waals surface area contributed by atoms with E-state index in [1.807, 2.05) is 25.1 Å². The molecule has 7 nitrogen and oxygen atoms in total. The third kappa shape index (κ3) is 3.60. The second-order valence-corrected chi connectivity index (χ2v) is 8.15. The molecule has 4 aromatic rings. The summed E-state index contributed by atoms with van der Waals surface area (Å²) in [7, 11) is 0. The molecule has 0 atom stereocenters. The van der Waals surface area contributed by atoms with Crippen molar-refractivity contribution in [1.29, 1.82) is 0 Å².